The smallest absolute Gasteiger partial charge is 0.149 e. The second-order valence-electron chi connectivity index (χ2n) is 5.53. The molecule has 23 heavy (non-hydrogen) atoms. The summed E-state index contributed by atoms with van der Waals surface area (Å²) in [5, 5.41) is 0. The average Bonchev–Trinajstić information content (AvgIpc) is 2.60. The molecule has 0 aliphatic carbocycles. The van der Waals surface area contributed by atoms with E-state index in [1.54, 1.807) is 14.2 Å². The largest absolute Gasteiger partial charge is 0.497 e. The van der Waals surface area contributed by atoms with E-state index in [-0.39, 0.29) is 6.10 Å². The lowest BCUT2D eigenvalue weighted by atomic mass is 10.0. The van der Waals surface area contributed by atoms with Gasteiger partial charge in [0.05, 0.1) is 19.9 Å². The molecule has 0 saturated carbocycles. The Morgan fingerprint density at radius 2 is 1.74 bits per heavy atom. The van der Waals surface area contributed by atoms with Gasteiger partial charge in [0, 0.05) is 11.6 Å². The summed E-state index contributed by atoms with van der Waals surface area (Å²) in [5.74, 6) is 2.41. The molecule has 2 aromatic rings. The molecule has 1 atom stereocenters. The first-order valence-corrected chi connectivity index (χ1v) is 7.74. The summed E-state index contributed by atoms with van der Waals surface area (Å²) < 4.78 is 16.7. The molecule has 120 valence electrons. The Morgan fingerprint density at radius 1 is 1.04 bits per heavy atom. The van der Waals surface area contributed by atoms with Gasteiger partial charge < -0.3 is 14.2 Å². The predicted octanol–water partition coefficient (Wildman–Crippen LogP) is 4.30. The third-order valence-electron chi connectivity index (χ3n) is 4.04. The van der Waals surface area contributed by atoms with E-state index in [2.05, 4.69) is 6.92 Å². The summed E-state index contributed by atoms with van der Waals surface area (Å²) in [6.45, 7) is 4.12. The standard InChI is InChI=1S/C19H21NO3/c1-5-16-19(13-6-8-14(21-3)9-7-13)20-18-12(2)10-15(22-4)11-17(18)23-16/h6-11,16H,5H2,1-4H3. The van der Waals surface area contributed by atoms with Gasteiger partial charge in [-0.05, 0) is 49.2 Å². The van der Waals surface area contributed by atoms with Crippen molar-refractivity contribution in [2.75, 3.05) is 14.2 Å². The third kappa shape index (κ3) is 2.89. The van der Waals surface area contributed by atoms with Crippen molar-refractivity contribution in [1.29, 1.82) is 0 Å². The average molecular weight is 311 g/mol. The van der Waals surface area contributed by atoms with E-state index in [9.17, 15) is 0 Å². The zero-order chi connectivity index (χ0) is 16.4. The molecule has 0 radical (unpaired) electrons. The fourth-order valence-corrected chi connectivity index (χ4v) is 2.76. The first-order valence-electron chi connectivity index (χ1n) is 7.74. The number of hydrogen-bond donors (Lipinski definition) is 0. The van der Waals surface area contributed by atoms with Crippen LogP contribution in [0.3, 0.4) is 0 Å². The summed E-state index contributed by atoms with van der Waals surface area (Å²) in [5.41, 5.74) is 3.93. The highest BCUT2D eigenvalue weighted by Crippen LogP contribution is 2.40. The van der Waals surface area contributed by atoms with Crippen LogP contribution in [-0.2, 0) is 0 Å². The van der Waals surface area contributed by atoms with E-state index in [1.807, 2.05) is 43.3 Å². The maximum absolute atomic E-state index is 6.19. The Hall–Kier alpha value is -2.49. The van der Waals surface area contributed by atoms with Crippen LogP contribution >= 0.6 is 0 Å². The number of hydrogen-bond acceptors (Lipinski definition) is 4. The van der Waals surface area contributed by atoms with Crippen LogP contribution < -0.4 is 14.2 Å². The van der Waals surface area contributed by atoms with E-state index >= 15 is 0 Å². The molecular formula is C19H21NO3. The Bertz CT molecular complexity index is 735. The number of aryl methyl sites for hydroxylation is 1. The van der Waals surface area contributed by atoms with Gasteiger partial charge in [-0.25, -0.2) is 4.99 Å². The number of benzene rings is 2. The van der Waals surface area contributed by atoms with E-state index in [0.29, 0.717) is 0 Å². The van der Waals surface area contributed by atoms with Crippen LogP contribution in [0.1, 0.15) is 24.5 Å². The third-order valence-corrected chi connectivity index (χ3v) is 4.04. The van der Waals surface area contributed by atoms with Gasteiger partial charge in [-0.1, -0.05) is 6.92 Å². The van der Waals surface area contributed by atoms with Crippen molar-refractivity contribution < 1.29 is 14.2 Å². The minimum Gasteiger partial charge on any atom is -0.497 e. The van der Waals surface area contributed by atoms with Crippen LogP contribution in [0.4, 0.5) is 5.69 Å². The second kappa shape index (κ2) is 6.32. The molecular weight excluding hydrogens is 290 g/mol. The van der Waals surface area contributed by atoms with Gasteiger partial charge in [0.25, 0.3) is 0 Å². The van der Waals surface area contributed by atoms with Crippen molar-refractivity contribution >= 4 is 11.4 Å². The number of rotatable bonds is 4. The summed E-state index contributed by atoms with van der Waals surface area (Å²) in [7, 11) is 3.32. The maximum atomic E-state index is 6.19. The van der Waals surface area contributed by atoms with Crippen molar-refractivity contribution in [3.63, 3.8) is 0 Å². The van der Waals surface area contributed by atoms with Crippen molar-refractivity contribution in [3.8, 4) is 17.2 Å². The molecule has 2 aromatic carbocycles. The van der Waals surface area contributed by atoms with Crippen molar-refractivity contribution in [2.24, 2.45) is 4.99 Å². The fraction of sp³-hybridized carbons (Fsp3) is 0.316. The van der Waals surface area contributed by atoms with Crippen LogP contribution in [-0.4, -0.2) is 26.0 Å². The first kappa shape index (κ1) is 15.4. The molecule has 0 aromatic heterocycles. The summed E-state index contributed by atoms with van der Waals surface area (Å²) in [4.78, 5) is 4.89. The minimum atomic E-state index is -0.0672. The lowest BCUT2D eigenvalue weighted by Gasteiger charge is -2.27. The molecule has 0 bridgehead atoms. The fourth-order valence-electron chi connectivity index (χ4n) is 2.76. The predicted molar refractivity (Wildman–Crippen MR) is 91.6 cm³/mol. The highest BCUT2D eigenvalue weighted by Gasteiger charge is 2.26. The van der Waals surface area contributed by atoms with E-state index < -0.39 is 0 Å². The van der Waals surface area contributed by atoms with Crippen LogP contribution in [0.2, 0.25) is 0 Å². The van der Waals surface area contributed by atoms with Gasteiger partial charge in [-0.3, -0.25) is 0 Å². The van der Waals surface area contributed by atoms with E-state index in [0.717, 1.165) is 46.2 Å². The number of ether oxygens (including phenoxy) is 3. The Labute approximate surface area is 136 Å². The molecule has 1 aliphatic rings. The minimum absolute atomic E-state index is 0.0672. The second-order valence-corrected chi connectivity index (χ2v) is 5.53. The van der Waals surface area contributed by atoms with Gasteiger partial charge in [0.2, 0.25) is 0 Å². The monoisotopic (exact) mass is 311 g/mol. The Morgan fingerprint density at radius 3 is 2.35 bits per heavy atom. The van der Waals surface area contributed by atoms with Gasteiger partial charge in [-0.15, -0.1) is 0 Å². The molecule has 0 saturated heterocycles. The lowest BCUT2D eigenvalue weighted by molar-refractivity contribution is 0.258. The van der Waals surface area contributed by atoms with Gasteiger partial charge in [-0.2, -0.15) is 0 Å². The quantitative estimate of drug-likeness (QED) is 0.845. The molecule has 3 rings (SSSR count). The SMILES string of the molecule is CCC1Oc2cc(OC)cc(C)c2N=C1c1ccc(OC)cc1. The van der Waals surface area contributed by atoms with Crippen LogP contribution in [0.5, 0.6) is 17.2 Å². The number of nitrogens with zero attached hydrogens (tertiary/aromatic N) is 1. The lowest BCUT2D eigenvalue weighted by Crippen LogP contribution is -2.30. The summed E-state index contributed by atoms with van der Waals surface area (Å²) in [6, 6.07) is 11.8. The Kier molecular flexibility index (Phi) is 4.24. The normalized spacial score (nSPS) is 16.2. The van der Waals surface area contributed by atoms with Crippen LogP contribution in [0.25, 0.3) is 0 Å². The van der Waals surface area contributed by atoms with E-state index in [4.69, 9.17) is 19.2 Å². The van der Waals surface area contributed by atoms with Crippen molar-refractivity contribution in [2.45, 2.75) is 26.4 Å². The molecule has 0 fully saturated rings. The van der Waals surface area contributed by atoms with Crippen LogP contribution in [0, 0.1) is 6.92 Å². The topological polar surface area (TPSA) is 40.0 Å². The highest BCUT2D eigenvalue weighted by atomic mass is 16.5. The summed E-state index contributed by atoms with van der Waals surface area (Å²) in [6.07, 6.45) is 0.781. The molecule has 0 amide bonds. The van der Waals surface area contributed by atoms with Gasteiger partial charge in [0.15, 0.2) is 0 Å². The number of methoxy groups -OCH3 is 2. The molecule has 4 heteroatoms. The number of fused-ring (bicyclic) bond motifs is 1. The molecule has 1 heterocycles. The molecule has 1 aliphatic heterocycles. The maximum Gasteiger partial charge on any atom is 0.149 e. The molecule has 1 unspecified atom stereocenters. The Balaban J connectivity index is 2.07. The van der Waals surface area contributed by atoms with Crippen molar-refractivity contribution in [1.82, 2.24) is 0 Å². The first-order chi connectivity index (χ1) is 11.2. The highest BCUT2D eigenvalue weighted by molar-refractivity contribution is 6.06. The van der Waals surface area contributed by atoms with Crippen LogP contribution in [0.15, 0.2) is 41.4 Å². The molecule has 4 nitrogen and oxygen atoms in total. The zero-order valence-electron chi connectivity index (χ0n) is 13.9. The number of aliphatic imine (C=N–C) groups is 1. The summed E-state index contributed by atoms with van der Waals surface area (Å²) >= 11 is 0. The molecule has 0 N–H and O–H groups in total. The zero-order valence-corrected chi connectivity index (χ0v) is 13.9. The van der Waals surface area contributed by atoms with E-state index in [1.165, 1.54) is 0 Å². The van der Waals surface area contributed by atoms with Gasteiger partial charge in [0.1, 0.15) is 29.0 Å². The van der Waals surface area contributed by atoms with Crippen molar-refractivity contribution in [3.05, 3.63) is 47.5 Å². The molecule has 0 spiro atoms. The van der Waals surface area contributed by atoms with Gasteiger partial charge >= 0.3 is 0 Å².